The molecular formula is C15H18N2. The highest BCUT2D eigenvalue weighted by atomic mass is 14.8. The molecule has 1 fully saturated rings. The number of aryl methyl sites for hydroxylation is 2. The number of aromatic nitrogens is 1. The first kappa shape index (κ1) is 10.6. The Morgan fingerprint density at radius 2 is 2.00 bits per heavy atom. The van der Waals surface area contributed by atoms with Crippen LogP contribution in [-0.2, 0) is 0 Å². The molecule has 0 unspecified atom stereocenters. The number of benzene rings is 1. The normalized spacial score (nSPS) is 15.2. The maximum atomic E-state index is 4.87. The van der Waals surface area contributed by atoms with Gasteiger partial charge in [0.25, 0.3) is 0 Å². The Morgan fingerprint density at radius 3 is 2.65 bits per heavy atom. The Bertz CT molecular complexity index is 583. The van der Waals surface area contributed by atoms with E-state index in [2.05, 4.69) is 37.4 Å². The first-order valence-corrected chi connectivity index (χ1v) is 6.29. The van der Waals surface area contributed by atoms with Gasteiger partial charge in [-0.2, -0.15) is 0 Å². The van der Waals surface area contributed by atoms with E-state index in [1.54, 1.807) is 0 Å². The van der Waals surface area contributed by atoms with E-state index in [0.717, 1.165) is 0 Å². The second-order valence-corrected chi connectivity index (χ2v) is 5.02. The maximum Gasteiger partial charge on any atom is 0.0757 e. The lowest BCUT2D eigenvalue weighted by molar-refractivity contribution is 1.04. The molecule has 0 saturated heterocycles. The molecule has 1 heterocycles. The third-order valence-electron chi connectivity index (χ3n) is 3.79. The molecule has 1 aliphatic rings. The summed E-state index contributed by atoms with van der Waals surface area (Å²) in [5, 5.41) is 4.54. The lowest BCUT2D eigenvalue weighted by atomic mass is 10.0. The van der Waals surface area contributed by atoms with Crippen LogP contribution in [0.2, 0.25) is 0 Å². The maximum absolute atomic E-state index is 4.87. The average molecular weight is 226 g/mol. The van der Waals surface area contributed by atoms with Gasteiger partial charge in [-0.25, -0.2) is 0 Å². The zero-order valence-electron chi connectivity index (χ0n) is 10.7. The highest BCUT2D eigenvalue weighted by Gasteiger charge is 2.26. The summed E-state index contributed by atoms with van der Waals surface area (Å²) >= 11 is 0. The molecule has 17 heavy (non-hydrogen) atoms. The molecule has 0 spiro atoms. The van der Waals surface area contributed by atoms with E-state index in [0.29, 0.717) is 5.92 Å². The van der Waals surface area contributed by atoms with E-state index in [1.165, 1.54) is 46.3 Å². The molecule has 0 atom stereocenters. The molecule has 0 bridgehead atoms. The van der Waals surface area contributed by atoms with Crippen molar-refractivity contribution in [3.8, 4) is 0 Å². The Hall–Kier alpha value is -1.57. The van der Waals surface area contributed by atoms with Crippen LogP contribution >= 0.6 is 0 Å². The van der Waals surface area contributed by atoms with Crippen LogP contribution < -0.4 is 5.32 Å². The van der Waals surface area contributed by atoms with Crippen molar-refractivity contribution in [3.05, 3.63) is 35.0 Å². The summed E-state index contributed by atoms with van der Waals surface area (Å²) in [4.78, 5) is 4.87. The number of nitrogens with one attached hydrogen (secondary N) is 1. The van der Waals surface area contributed by atoms with Crippen molar-refractivity contribution >= 4 is 16.6 Å². The van der Waals surface area contributed by atoms with Gasteiger partial charge >= 0.3 is 0 Å². The Morgan fingerprint density at radius 1 is 1.24 bits per heavy atom. The number of anilines is 1. The molecule has 0 radical (unpaired) electrons. The SMILES string of the molecule is CNc1cc(C2CC2)nc2c(C)c(C)ccc12. The van der Waals surface area contributed by atoms with E-state index in [9.17, 15) is 0 Å². The van der Waals surface area contributed by atoms with Gasteiger partial charge in [0.15, 0.2) is 0 Å². The van der Waals surface area contributed by atoms with E-state index >= 15 is 0 Å². The summed E-state index contributed by atoms with van der Waals surface area (Å²) in [6.07, 6.45) is 2.60. The van der Waals surface area contributed by atoms with E-state index in [-0.39, 0.29) is 0 Å². The molecule has 0 aliphatic heterocycles. The zero-order chi connectivity index (χ0) is 12.0. The van der Waals surface area contributed by atoms with Crippen molar-refractivity contribution in [2.75, 3.05) is 12.4 Å². The minimum atomic E-state index is 0.700. The summed E-state index contributed by atoms with van der Waals surface area (Å²) in [5.74, 6) is 0.700. The van der Waals surface area contributed by atoms with Gasteiger partial charge in [-0.15, -0.1) is 0 Å². The Kier molecular flexibility index (Phi) is 2.32. The molecule has 88 valence electrons. The molecule has 1 aromatic carbocycles. The molecule has 1 saturated carbocycles. The lowest BCUT2D eigenvalue weighted by Gasteiger charge is -2.12. The molecule has 1 aliphatic carbocycles. The van der Waals surface area contributed by atoms with Gasteiger partial charge in [0.2, 0.25) is 0 Å². The highest BCUT2D eigenvalue weighted by molar-refractivity contribution is 5.94. The van der Waals surface area contributed by atoms with Gasteiger partial charge in [0.1, 0.15) is 0 Å². The monoisotopic (exact) mass is 226 g/mol. The second kappa shape index (κ2) is 3.73. The molecule has 2 heteroatoms. The first-order valence-electron chi connectivity index (χ1n) is 6.29. The number of hydrogen-bond acceptors (Lipinski definition) is 2. The van der Waals surface area contributed by atoms with E-state index in [4.69, 9.17) is 4.98 Å². The van der Waals surface area contributed by atoms with Crippen LogP contribution in [-0.4, -0.2) is 12.0 Å². The molecule has 0 amide bonds. The predicted molar refractivity (Wildman–Crippen MR) is 72.7 cm³/mol. The largest absolute Gasteiger partial charge is 0.388 e. The van der Waals surface area contributed by atoms with Gasteiger partial charge in [0, 0.05) is 29.7 Å². The van der Waals surface area contributed by atoms with Crippen molar-refractivity contribution in [1.82, 2.24) is 4.98 Å². The number of nitrogens with zero attached hydrogens (tertiary/aromatic N) is 1. The minimum absolute atomic E-state index is 0.700. The highest BCUT2D eigenvalue weighted by Crippen LogP contribution is 2.41. The van der Waals surface area contributed by atoms with Crippen LogP contribution in [0.15, 0.2) is 18.2 Å². The zero-order valence-corrected chi connectivity index (χ0v) is 10.7. The number of rotatable bonds is 2. The van der Waals surface area contributed by atoms with Crippen LogP contribution in [0.5, 0.6) is 0 Å². The number of hydrogen-bond donors (Lipinski definition) is 1. The lowest BCUT2D eigenvalue weighted by Crippen LogP contribution is -1.97. The quantitative estimate of drug-likeness (QED) is 0.843. The van der Waals surface area contributed by atoms with Gasteiger partial charge in [0.05, 0.1) is 5.52 Å². The molecule has 1 N–H and O–H groups in total. The molecule has 2 aromatic rings. The summed E-state index contributed by atoms with van der Waals surface area (Å²) in [6.45, 7) is 4.32. The van der Waals surface area contributed by atoms with Crippen molar-refractivity contribution in [1.29, 1.82) is 0 Å². The molecule has 1 aromatic heterocycles. The van der Waals surface area contributed by atoms with Gasteiger partial charge in [-0.3, -0.25) is 4.98 Å². The first-order chi connectivity index (χ1) is 8.20. The average Bonchev–Trinajstić information content (AvgIpc) is 3.17. The van der Waals surface area contributed by atoms with Crippen molar-refractivity contribution in [2.45, 2.75) is 32.6 Å². The van der Waals surface area contributed by atoms with Gasteiger partial charge < -0.3 is 5.32 Å². The summed E-state index contributed by atoms with van der Waals surface area (Å²) in [6, 6.07) is 6.57. The van der Waals surface area contributed by atoms with Gasteiger partial charge in [-0.05, 0) is 43.9 Å². The topological polar surface area (TPSA) is 24.9 Å². The summed E-state index contributed by atoms with van der Waals surface area (Å²) < 4.78 is 0. The fourth-order valence-corrected chi connectivity index (χ4v) is 2.34. The summed E-state index contributed by atoms with van der Waals surface area (Å²) in [7, 11) is 1.99. The Balaban J connectivity index is 2.32. The molecule has 2 nitrogen and oxygen atoms in total. The Labute approximate surface area is 102 Å². The van der Waals surface area contributed by atoms with Crippen molar-refractivity contribution in [2.24, 2.45) is 0 Å². The fourth-order valence-electron chi connectivity index (χ4n) is 2.34. The van der Waals surface area contributed by atoms with E-state index < -0.39 is 0 Å². The van der Waals surface area contributed by atoms with Crippen LogP contribution in [0.3, 0.4) is 0 Å². The van der Waals surface area contributed by atoms with Crippen LogP contribution in [0, 0.1) is 13.8 Å². The second-order valence-electron chi connectivity index (χ2n) is 5.02. The number of fused-ring (bicyclic) bond motifs is 1. The third-order valence-corrected chi connectivity index (χ3v) is 3.79. The standard InChI is InChI=1S/C15H18N2/c1-9-4-7-12-14(16-3)8-13(11-5-6-11)17-15(12)10(9)2/h4,7-8,11H,5-6H2,1-3H3,(H,16,17). The third kappa shape index (κ3) is 1.68. The van der Waals surface area contributed by atoms with Crippen LogP contribution in [0.4, 0.5) is 5.69 Å². The molecule has 3 rings (SSSR count). The number of pyridine rings is 1. The van der Waals surface area contributed by atoms with Crippen molar-refractivity contribution in [3.63, 3.8) is 0 Å². The fraction of sp³-hybridized carbons (Fsp3) is 0.400. The van der Waals surface area contributed by atoms with Crippen LogP contribution in [0.1, 0.15) is 35.6 Å². The van der Waals surface area contributed by atoms with Gasteiger partial charge in [-0.1, -0.05) is 12.1 Å². The van der Waals surface area contributed by atoms with Crippen molar-refractivity contribution < 1.29 is 0 Å². The summed E-state index contributed by atoms with van der Waals surface area (Å²) in [5.41, 5.74) is 6.26. The van der Waals surface area contributed by atoms with Crippen LogP contribution in [0.25, 0.3) is 10.9 Å². The molecular weight excluding hydrogens is 208 g/mol. The smallest absolute Gasteiger partial charge is 0.0757 e. The predicted octanol–water partition coefficient (Wildman–Crippen LogP) is 3.77. The minimum Gasteiger partial charge on any atom is -0.388 e. The van der Waals surface area contributed by atoms with E-state index in [1.807, 2.05) is 7.05 Å².